The van der Waals surface area contributed by atoms with Gasteiger partial charge in [-0.25, -0.2) is 12.8 Å². The minimum atomic E-state index is -3.77. The first-order valence-corrected chi connectivity index (χ1v) is 12.6. The lowest BCUT2D eigenvalue weighted by Crippen LogP contribution is -2.51. The molecule has 0 saturated heterocycles. The molecule has 0 aliphatic carbocycles. The van der Waals surface area contributed by atoms with Crippen LogP contribution in [0.25, 0.3) is 0 Å². The van der Waals surface area contributed by atoms with Crippen molar-refractivity contribution in [2.24, 2.45) is 5.92 Å². The standard InChI is InChI=1S/C24H32FN3O4S/c1-17(2)14-26-24(30)19(4)27(15-20-8-10-21(25)11-9-20)23(29)16-28(33(5,31)32)22-12-6-18(3)7-13-22/h6-13,17,19H,14-16H2,1-5H3,(H,26,30)/t19-/m1/s1. The zero-order chi connectivity index (χ0) is 24.8. The minimum absolute atomic E-state index is 0.0286. The number of nitrogens with one attached hydrogen (secondary N) is 1. The second kappa shape index (κ2) is 11.3. The summed E-state index contributed by atoms with van der Waals surface area (Å²) in [6, 6.07) is 11.5. The Kier molecular flexibility index (Phi) is 8.99. The lowest BCUT2D eigenvalue weighted by atomic mass is 10.1. The predicted molar refractivity (Wildman–Crippen MR) is 128 cm³/mol. The Morgan fingerprint density at radius 3 is 2.09 bits per heavy atom. The molecule has 7 nitrogen and oxygen atoms in total. The van der Waals surface area contributed by atoms with E-state index in [0.717, 1.165) is 16.1 Å². The Morgan fingerprint density at radius 1 is 1.00 bits per heavy atom. The van der Waals surface area contributed by atoms with Gasteiger partial charge in [0.1, 0.15) is 18.4 Å². The molecule has 0 fully saturated rings. The van der Waals surface area contributed by atoms with Gasteiger partial charge in [-0.3, -0.25) is 13.9 Å². The molecule has 0 unspecified atom stereocenters. The molecule has 0 saturated carbocycles. The quantitative estimate of drug-likeness (QED) is 0.570. The van der Waals surface area contributed by atoms with Gasteiger partial charge in [0, 0.05) is 13.1 Å². The number of rotatable bonds is 10. The van der Waals surface area contributed by atoms with E-state index >= 15 is 0 Å². The number of halogens is 1. The van der Waals surface area contributed by atoms with Crippen molar-refractivity contribution in [3.05, 3.63) is 65.5 Å². The Morgan fingerprint density at radius 2 is 1.58 bits per heavy atom. The molecule has 0 aromatic heterocycles. The van der Waals surface area contributed by atoms with Crippen LogP contribution in [0.3, 0.4) is 0 Å². The van der Waals surface area contributed by atoms with Crippen LogP contribution >= 0.6 is 0 Å². The number of benzene rings is 2. The van der Waals surface area contributed by atoms with Gasteiger partial charge in [-0.1, -0.05) is 43.7 Å². The first-order chi connectivity index (χ1) is 15.4. The molecule has 0 bridgehead atoms. The highest BCUT2D eigenvalue weighted by atomic mass is 32.2. The van der Waals surface area contributed by atoms with E-state index in [1.165, 1.54) is 29.2 Å². The van der Waals surface area contributed by atoms with E-state index < -0.39 is 34.3 Å². The molecule has 2 amide bonds. The molecule has 0 spiro atoms. The molecule has 0 heterocycles. The second-order valence-electron chi connectivity index (χ2n) is 8.57. The first-order valence-electron chi connectivity index (χ1n) is 10.7. The third-order valence-electron chi connectivity index (χ3n) is 5.12. The summed E-state index contributed by atoms with van der Waals surface area (Å²) in [5.74, 6) is -1.08. The van der Waals surface area contributed by atoms with E-state index in [9.17, 15) is 22.4 Å². The maximum atomic E-state index is 13.4. The summed E-state index contributed by atoms with van der Waals surface area (Å²) in [5.41, 5.74) is 1.93. The summed E-state index contributed by atoms with van der Waals surface area (Å²) >= 11 is 0. The zero-order valence-electron chi connectivity index (χ0n) is 19.7. The summed E-state index contributed by atoms with van der Waals surface area (Å²) in [5, 5.41) is 2.81. The molecule has 33 heavy (non-hydrogen) atoms. The molecule has 1 atom stereocenters. The summed E-state index contributed by atoms with van der Waals surface area (Å²) in [6.07, 6.45) is 1.03. The van der Waals surface area contributed by atoms with Crippen molar-refractivity contribution in [3.63, 3.8) is 0 Å². The van der Waals surface area contributed by atoms with E-state index in [4.69, 9.17) is 0 Å². The number of nitrogens with zero attached hydrogens (tertiary/aromatic N) is 2. The summed E-state index contributed by atoms with van der Waals surface area (Å²) in [7, 11) is -3.77. The van der Waals surface area contributed by atoms with Crippen LogP contribution < -0.4 is 9.62 Å². The normalized spacial score (nSPS) is 12.3. The molecule has 2 aromatic carbocycles. The van der Waals surface area contributed by atoms with Gasteiger partial charge >= 0.3 is 0 Å². The Bertz CT molecular complexity index is 1050. The smallest absolute Gasteiger partial charge is 0.244 e. The minimum Gasteiger partial charge on any atom is -0.354 e. The fourth-order valence-electron chi connectivity index (χ4n) is 3.15. The number of amides is 2. The van der Waals surface area contributed by atoms with Crippen molar-refractivity contribution >= 4 is 27.5 Å². The van der Waals surface area contributed by atoms with Crippen molar-refractivity contribution in [1.82, 2.24) is 10.2 Å². The van der Waals surface area contributed by atoms with Crippen LogP contribution in [-0.4, -0.2) is 50.5 Å². The van der Waals surface area contributed by atoms with Gasteiger partial charge in [-0.05, 0) is 49.6 Å². The zero-order valence-corrected chi connectivity index (χ0v) is 20.5. The fraction of sp³-hybridized carbons (Fsp3) is 0.417. The maximum Gasteiger partial charge on any atom is 0.244 e. The van der Waals surface area contributed by atoms with E-state index in [-0.39, 0.29) is 18.4 Å². The largest absolute Gasteiger partial charge is 0.354 e. The molecule has 1 N–H and O–H groups in total. The van der Waals surface area contributed by atoms with Crippen LogP contribution in [0.4, 0.5) is 10.1 Å². The number of hydrogen-bond donors (Lipinski definition) is 1. The van der Waals surface area contributed by atoms with Gasteiger partial charge in [0.2, 0.25) is 21.8 Å². The lowest BCUT2D eigenvalue weighted by Gasteiger charge is -2.31. The maximum absolute atomic E-state index is 13.4. The molecule has 0 radical (unpaired) electrons. The molecule has 0 aliphatic rings. The number of carbonyl (C=O) groups excluding carboxylic acids is 2. The van der Waals surface area contributed by atoms with Gasteiger partial charge in [-0.15, -0.1) is 0 Å². The predicted octanol–water partition coefficient (Wildman–Crippen LogP) is 3.09. The summed E-state index contributed by atoms with van der Waals surface area (Å²) in [6.45, 7) is 7.39. The highest BCUT2D eigenvalue weighted by Gasteiger charge is 2.30. The molecular weight excluding hydrogens is 445 g/mol. The highest BCUT2D eigenvalue weighted by Crippen LogP contribution is 2.19. The van der Waals surface area contributed by atoms with Crippen molar-refractivity contribution in [1.29, 1.82) is 0 Å². The van der Waals surface area contributed by atoms with Crippen molar-refractivity contribution < 1.29 is 22.4 Å². The van der Waals surface area contributed by atoms with E-state index in [1.54, 1.807) is 31.2 Å². The third-order valence-corrected chi connectivity index (χ3v) is 6.26. The Hall–Kier alpha value is -2.94. The Labute approximate surface area is 195 Å². The number of aryl methyl sites for hydroxylation is 1. The molecule has 2 aromatic rings. The topological polar surface area (TPSA) is 86.8 Å². The van der Waals surface area contributed by atoms with E-state index in [1.807, 2.05) is 20.8 Å². The third kappa shape index (κ3) is 7.85. The lowest BCUT2D eigenvalue weighted by molar-refractivity contribution is -0.139. The van der Waals surface area contributed by atoms with E-state index in [2.05, 4.69) is 5.32 Å². The van der Waals surface area contributed by atoms with Crippen molar-refractivity contribution in [3.8, 4) is 0 Å². The molecule has 9 heteroatoms. The number of sulfonamides is 1. The van der Waals surface area contributed by atoms with Gasteiger partial charge in [0.05, 0.1) is 11.9 Å². The van der Waals surface area contributed by atoms with Crippen LogP contribution in [0.2, 0.25) is 0 Å². The average molecular weight is 478 g/mol. The molecule has 0 aliphatic heterocycles. The van der Waals surface area contributed by atoms with Gasteiger partial charge in [-0.2, -0.15) is 0 Å². The van der Waals surface area contributed by atoms with E-state index in [0.29, 0.717) is 17.8 Å². The highest BCUT2D eigenvalue weighted by molar-refractivity contribution is 7.92. The number of carbonyl (C=O) groups is 2. The average Bonchev–Trinajstić information content (AvgIpc) is 2.74. The van der Waals surface area contributed by atoms with Crippen LogP contribution in [-0.2, 0) is 26.2 Å². The molecule has 2 rings (SSSR count). The van der Waals surface area contributed by atoms with Crippen LogP contribution in [0.15, 0.2) is 48.5 Å². The molecular formula is C24H32FN3O4S. The molecule has 180 valence electrons. The Balaban J connectivity index is 2.34. The van der Waals surface area contributed by atoms with Gasteiger partial charge < -0.3 is 10.2 Å². The first kappa shape index (κ1) is 26.3. The monoisotopic (exact) mass is 477 g/mol. The van der Waals surface area contributed by atoms with Crippen molar-refractivity contribution in [2.75, 3.05) is 23.7 Å². The second-order valence-corrected chi connectivity index (χ2v) is 10.5. The SMILES string of the molecule is Cc1ccc(N(CC(=O)N(Cc2ccc(F)cc2)[C@H](C)C(=O)NCC(C)C)S(C)(=O)=O)cc1. The summed E-state index contributed by atoms with van der Waals surface area (Å²) in [4.78, 5) is 27.4. The van der Waals surface area contributed by atoms with Crippen LogP contribution in [0.1, 0.15) is 31.9 Å². The summed E-state index contributed by atoms with van der Waals surface area (Å²) < 4.78 is 39.3. The van der Waals surface area contributed by atoms with Gasteiger partial charge in [0.15, 0.2) is 0 Å². The van der Waals surface area contributed by atoms with Crippen molar-refractivity contribution in [2.45, 2.75) is 40.3 Å². The number of hydrogen-bond acceptors (Lipinski definition) is 4. The van der Waals surface area contributed by atoms with Crippen LogP contribution in [0, 0.1) is 18.7 Å². The fourth-order valence-corrected chi connectivity index (χ4v) is 4.00. The van der Waals surface area contributed by atoms with Crippen LogP contribution in [0.5, 0.6) is 0 Å². The number of anilines is 1. The van der Waals surface area contributed by atoms with Gasteiger partial charge in [0.25, 0.3) is 0 Å².